The minimum absolute atomic E-state index is 0.549. The topological polar surface area (TPSA) is 66.7 Å². The first-order valence-electron chi connectivity index (χ1n) is 3.33. The highest BCUT2D eigenvalue weighted by molar-refractivity contribution is 5.28. The molecule has 0 fully saturated rings. The molecule has 4 heteroatoms. The van der Waals surface area contributed by atoms with E-state index in [-0.39, 0.29) is 0 Å². The minimum Gasteiger partial charge on any atom is -0.382 e. The quantitative estimate of drug-likeness (QED) is 0.558. The first kappa shape index (κ1) is 7.08. The van der Waals surface area contributed by atoms with Gasteiger partial charge in [-0.25, -0.2) is 0 Å². The second-order valence-corrected chi connectivity index (χ2v) is 2.10. The molecular formula is C6H12N4. The van der Waals surface area contributed by atoms with Crippen molar-refractivity contribution in [2.75, 3.05) is 12.3 Å². The molecule has 1 aromatic rings. The predicted molar refractivity (Wildman–Crippen MR) is 40.4 cm³/mol. The number of nitrogens with two attached hydrogens (primary N) is 1. The Morgan fingerprint density at radius 3 is 3.10 bits per heavy atom. The fourth-order valence-electron chi connectivity index (χ4n) is 0.730. The summed E-state index contributed by atoms with van der Waals surface area (Å²) in [6.07, 6.45) is 0. The summed E-state index contributed by atoms with van der Waals surface area (Å²) in [6.45, 7) is 3.82. The lowest BCUT2D eigenvalue weighted by Gasteiger charge is -1.94. The Bertz CT molecular complexity index is 193. The van der Waals surface area contributed by atoms with E-state index in [0.717, 1.165) is 18.8 Å². The van der Waals surface area contributed by atoms with Crippen LogP contribution in [-0.4, -0.2) is 16.7 Å². The molecule has 0 radical (unpaired) electrons. The van der Waals surface area contributed by atoms with Crippen LogP contribution in [0.5, 0.6) is 0 Å². The van der Waals surface area contributed by atoms with E-state index in [2.05, 4.69) is 22.4 Å². The van der Waals surface area contributed by atoms with Crippen molar-refractivity contribution in [2.45, 2.75) is 13.5 Å². The SMILES string of the molecule is CCNCc1cc(N)n[nH]1. The van der Waals surface area contributed by atoms with E-state index < -0.39 is 0 Å². The number of anilines is 1. The van der Waals surface area contributed by atoms with Crippen LogP contribution < -0.4 is 11.1 Å². The second-order valence-electron chi connectivity index (χ2n) is 2.10. The summed E-state index contributed by atoms with van der Waals surface area (Å²) in [5.41, 5.74) is 6.41. The molecule has 1 rings (SSSR count). The summed E-state index contributed by atoms with van der Waals surface area (Å²) < 4.78 is 0. The molecule has 1 heterocycles. The minimum atomic E-state index is 0.549. The number of nitrogens with one attached hydrogen (secondary N) is 2. The zero-order chi connectivity index (χ0) is 7.40. The van der Waals surface area contributed by atoms with E-state index >= 15 is 0 Å². The molecule has 0 aromatic carbocycles. The molecule has 4 N–H and O–H groups in total. The molecule has 0 atom stereocenters. The van der Waals surface area contributed by atoms with Crippen molar-refractivity contribution < 1.29 is 0 Å². The van der Waals surface area contributed by atoms with Crippen LogP contribution in [0.1, 0.15) is 12.6 Å². The van der Waals surface area contributed by atoms with Gasteiger partial charge in [-0.1, -0.05) is 6.92 Å². The maximum absolute atomic E-state index is 5.38. The van der Waals surface area contributed by atoms with Crippen molar-refractivity contribution >= 4 is 5.82 Å². The number of hydrogen-bond donors (Lipinski definition) is 3. The van der Waals surface area contributed by atoms with Crippen molar-refractivity contribution in [3.8, 4) is 0 Å². The Hall–Kier alpha value is -1.03. The van der Waals surface area contributed by atoms with Crippen molar-refractivity contribution in [3.63, 3.8) is 0 Å². The Labute approximate surface area is 59.8 Å². The number of nitrogen functional groups attached to an aromatic ring is 1. The summed E-state index contributed by atoms with van der Waals surface area (Å²) in [5.74, 6) is 0.549. The first-order valence-corrected chi connectivity index (χ1v) is 3.33. The van der Waals surface area contributed by atoms with Crippen molar-refractivity contribution in [2.24, 2.45) is 0 Å². The summed E-state index contributed by atoms with van der Waals surface area (Å²) in [5, 5.41) is 9.74. The van der Waals surface area contributed by atoms with E-state index in [1.54, 1.807) is 0 Å². The van der Waals surface area contributed by atoms with Crippen molar-refractivity contribution in [1.29, 1.82) is 0 Å². The molecule has 0 saturated heterocycles. The van der Waals surface area contributed by atoms with Gasteiger partial charge >= 0.3 is 0 Å². The molecule has 4 nitrogen and oxygen atoms in total. The molecule has 1 aromatic heterocycles. The van der Waals surface area contributed by atoms with Gasteiger partial charge in [-0.05, 0) is 6.54 Å². The van der Waals surface area contributed by atoms with E-state index in [9.17, 15) is 0 Å². The molecule has 0 amide bonds. The van der Waals surface area contributed by atoms with Gasteiger partial charge in [0, 0.05) is 12.6 Å². The molecule has 0 bridgehead atoms. The highest BCUT2D eigenvalue weighted by Crippen LogP contribution is 1.98. The Morgan fingerprint density at radius 2 is 2.60 bits per heavy atom. The van der Waals surface area contributed by atoms with Gasteiger partial charge in [-0.2, -0.15) is 5.10 Å². The highest BCUT2D eigenvalue weighted by Gasteiger charge is 1.93. The average Bonchev–Trinajstić information content (AvgIpc) is 2.31. The van der Waals surface area contributed by atoms with Crippen LogP contribution >= 0.6 is 0 Å². The third-order valence-electron chi connectivity index (χ3n) is 1.22. The van der Waals surface area contributed by atoms with Gasteiger partial charge in [0.05, 0.1) is 5.69 Å². The highest BCUT2D eigenvalue weighted by atomic mass is 15.2. The number of rotatable bonds is 3. The van der Waals surface area contributed by atoms with Gasteiger partial charge in [0.15, 0.2) is 0 Å². The first-order chi connectivity index (χ1) is 4.83. The van der Waals surface area contributed by atoms with Crippen LogP contribution in [-0.2, 0) is 6.54 Å². The van der Waals surface area contributed by atoms with Crippen molar-refractivity contribution in [1.82, 2.24) is 15.5 Å². The van der Waals surface area contributed by atoms with Gasteiger partial charge < -0.3 is 11.1 Å². The molecule has 0 aliphatic heterocycles. The summed E-state index contributed by atoms with van der Waals surface area (Å²) in [7, 11) is 0. The molecule has 0 aliphatic rings. The average molecular weight is 140 g/mol. The number of nitrogens with zero attached hydrogens (tertiary/aromatic N) is 1. The predicted octanol–water partition coefficient (Wildman–Crippen LogP) is 0.101. The molecule has 10 heavy (non-hydrogen) atoms. The monoisotopic (exact) mass is 140 g/mol. The molecule has 0 unspecified atom stereocenters. The van der Waals surface area contributed by atoms with Crippen LogP contribution in [0, 0.1) is 0 Å². The van der Waals surface area contributed by atoms with Gasteiger partial charge in [-0.3, -0.25) is 5.10 Å². The lowest BCUT2D eigenvalue weighted by molar-refractivity contribution is 0.707. The lowest BCUT2D eigenvalue weighted by Crippen LogP contribution is -2.11. The maximum Gasteiger partial charge on any atom is 0.145 e. The van der Waals surface area contributed by atoms with E-state index in [1.165, 1.54) is 0 Å². The molecular weight excluding hydrogens is 128 g/mol. The maximum atomic E-state index is 5.38. The van der Waals surface area contributed by atoms with Gasteiger partial charge in [0.25, 0.3) is 0 Å². The Kier molecular flexibility index (Phi) is 2.28. The molecule has 0 spiro atoms. The number of H-pyrrole nitrogens is 1. The zero-order valence-corrected chi connectivity index (χ0v) is 6.02. The lowest BCUT2D eigenvalue weighted by atomic mass is 10.4. The van der Waals surface area contributed by atoms with E-state index in [0.29, 0.717) is 5.82 Å². The van der Waals surface area contributed by atoms with Crippen LogP contribution in [0.15, 0.2) is 6.07 Å². The fourth-order valence-corrected chi connectivity index (χ4v) is 0.730. The summed E-state index contributed by atoms with van der Waals surface area (Å²) >= 11 is 0. The summed E-state index contributed by atoms with van der Waals surface area (Å²) in [6, 6.07) is 1.82. The standard InChI is InChI=1S/C6H12N4/c1-2-8-4-5-3-6(7)10-9-5/h3,8H,2,4H2,1H3,(H3,7,9,10). The van der Waals surface area contributed by atoms with E-state index in [1.807, 2.05) is 6.07 Å². The Balaban J connectivity index is 2.42. The van der Waals surface area contributed by atoms with Crippen molar-refractivity contribution in [3.05, 3.63) is 11.8 Å². The van der Waals surface area contributed by atoms with Gasteiger partial charge in [-0.15, -0.1) is 0 Å². The van der Waals surface area contributed by atoms with Crippen LogP contribution in [0.25, 0.3) is 0 Å². The van der Waals surface area contributed by atoms with Crippen LogP contribution in [0.3, 0.4) is 0 Å². The fraction of sp³-hybridized carbons (Fsp3) is 0.500. The largest absolute Gasteiger partial charge is 0.382 e. The van der Waals surface area contributed by atoms with Gasteiger partial charge in [0.1, 0.15) is 5.82 Å². The third kappa shape index (κ3) is 1.73. The second kappa shape index (κ2) is 3.22. The normalized spacial score (nSPS) is 10.1. The number of aromatic amines is 1. The summed E-state index contributed by atoms with van der Waals surface area (Å²) in [4.78, 5) is 0. The smallest absolute Gasteiger partial charge is 0.145 e. The number of hydrogen-bond acceptors (Lipinski definition) is 3. The Morgan fingerprint density at radius 1 is 1.80 bits per heavy atom. The third-order valence-corrected chi connectivity index (χ3v) is 1.22. The van der Waals surface area contributed by atoms with E-state index in [4.69, 9.17) is 5.73 Å². The number of aromatic nitrogens is 2. The zero-order valence-electron chi connectivity index (χ0n) is 6.02. The molecule has 56 valence electrons. The molecule has 0 aliphatic carbocycles. The van der Waals surface area contributed by atoms with Crippen LogP contribution in [0.4, 0.5) is 5.82 Å². The van der Waals surface area contributed by atoms with Gasteiger partial charge in [0.2, 0.25) is 0 Å². The molecule has 0 saturated carbocycles. The van der Waals surface area contributed by atoms with Crippen LogP contribution in [0.2, 0.25) is 0 Å².